The van der Waals surface area contributed by atoms with E-state index in [0.29, 0.717) is 39.4 Å². The first kappa shape index (κ1) is 48.1. The van der Waals surface area contributed by atoms with Gasteiger partial charge in [-0.05, 0) is 157 Å². The summed E-state index contributed by atoms with van der Waals surface area (Å²) in [6, 6.07) is 68.9. The fourth-order valence-electron chi connectivity index (χ4n) is 12.2. The minimum absolute atomic E-state index is 0. The van der Waals surface area contributed by atoms with Crippen molar-refractivity contribution in [1.29, 1.82) is 0 Å². The maximum absolute atomic E-state index is 9.08. The minimum Gasteiger partial charge on any atom is -0.509 e. The van der Waals surface area contributed by atoms with Gasteiger partial charge in [-0.15, -0.1) is 35.7 Å². The molecule has 0 spiro atoms. The molecule has 0 fully saturated rings. The van der Waals surface area contributed by atoms with E-state index in [1.54, 1.807) is 0 Å². The van der Waals surface area contributed by atoms with Crippen LogP contribution in [0.4, 0.5) is 11.4 Å². The van der Waals surface area contributed by atoms with Crippen molar-refractivity contribution < 1.29 is 38.1 Å². The normalized spacial score (nSPS) is 15.0. The molecule has 1 aliphatic heterocycles. The van der Waals surface area contributed by atoms with Crippen molar-refractivity contribution >= 4 is 76.5 Å². The Hall–Kier alpha value is -8.11. The van der Waals surface area contributed by atoms with Crippen molar-refractivity contribution in [2.24, 2.45) is 0 Å². The molecule has 0 atom stereocenters. The van der Waals surface area contributed by atoms with Crippen molar-refractivity contribution in [1.82, 2.24) is 14.1 Å². The summed E-state index contributed by atoms with van der Waals surface area (Å²) in [6.07, 6.45) is 1.86. The summed E-state index contributed by atoms with van der Waals surface area (Å²) in [7, 11) is 0. The van der Waals surface area contributed by atoms with Crippen LogP contribution in [0.15, 0.2) is 188 Å². The van der Waals surface area contributed by atoms with E-state index in [-0.39, 0.29) is 42.9 Å². The van der Waals surface area contributed by atoms with Gasteiger partial charge in [0.25, 0.3) is 0 Å². The molecule has 3 aromatic heterocycles. The summed E-state index contributed by atoms with van der Waals surface area (Å²) in [5, 5.41) is 7.66. The first-order valence-electron chi connectivity index (χ1n) is 33.9. The maximum Gasteiger partial charge on any atom is 0.135 e. The maximum atomic E-state index is 9.08. The summed E-state index contributed by atoms with van der Waals surface area (Å²) in [4.78, 5) is 7.00. The predicted molar refractivity (Wildman–Crippen MR) is 361 cm³/mol. The Bertz CT molecular complexity index is 5050. The van der Waals surface area contributed by atoms with Crippen molar-refractivity contribution in [2.45, 2.75) is 131 Å². The standard InChI is InChI=1S/C80H77N4O.Pt/c1-76(2,3)53-36-37-81-73(46-53)84-70-32-21-20-30-65(70)66-35-34-60(48-72(66)84)85-59-25-22-24-58(47-59)82-49-83-74-68(52-40-56(79(10,11)12)45-57(41-52)80(13,14)15)42-51(50-38-54(77(4,5)6)44-55(39-50)78(7,8)9)43-69(74)64-29-19-17-27-62(64)61-26-16-18-28-63(61)67-31-23-33-71(82)75(67)83;/h16-46,49H,1-15H3;/q-3;/i10D3,11D3,12D3;. The second-order valence-electron chi connectivity index (χ2n) is 27.2. The number of hydrogen-bond acceptors (Lipinski definition) is 3. The van der Waals surface area contributed by atoms with E-state index in [1.165, 1.54) is 12.1 Å². The molecule has 0 bridgehead atoms. The van der Waals surface area contributed by atoms with Gasteiger partial charge in [-0.3, -0.25) is 0 Å². The van der Waals surface area contributed by atoms with Crippen molar-refractivity contribution in [3.8, 4) is 39.6 Å². The summed E-state index contributed by atoms with van der Waals surface area (Å²) >= 11 is 0. The molecule has 0 radical (unpaired) electrons. The van der Waals surface area contributed by atoms with Gasteiger partial charge in [-0.25, -0.2) is 4.98 Å². The van der Waals surface area contributed by atoms with E-state index in [1.807, 2.05) is 75.5 Å². The number of fused-ring (bicyclic) bond motifs is 10. The molecule has 0 saturated carbocycles. The van der Waals surface area contributed by atoms with Gasteiger partial charge in [-0.2, -0.15) is 12.1 Å². The Kier molecular flexibility index (Phi) is 11.8. The largest absolute Gasteiger partial charge is 0.509 e. The van der Waals surface area contributed by atoms with Gasteiger partial charge in [0, 0.05) is 62.3 Å². The van der Waals surface area contributed by atoms with Crippen LogP contribution in [0.5, 0.6) is 11.5 Å². The second-order valence-corrected chi connectivity index (χ2v) is 27.2. The van der Waals surface area contributed by atoms with Crippen LogP contribution in [-0.2, 0) is 48.1 Å². The Morgan fingerprint density at radius 3 is 1.57 bits per heavy atom. The predicted octanol–water partition coefficient (Wildman–Crippen LogP) is 22.0. The summed E-state index contributed by atoms with van der Waals surface area (Å²) in [5.41, 5.74) is 6.64. The third-order valence-corrected chi connectivity index (χ3v) is 17.0. The van der Waals surface area contributed by atoms with Crippen molar-refractivity contribution in [3.05, 3.63) is 235 Å². The van der Waals surface area contributed by atoms with Gasteiger partial charge >= 0.3 is 0 Å². The van der Waals surface area contributed by atoms with E-state index in [2.05, 4.69) is 216 Å². The van der Waals surface area contributed by atoms with Gasteiger partial charge in [0.1, 0.15) is 5.82 Å². The molecule has 436 valence electrons. The van der Waals surface area contributed by atoms with Crippen LogP contribution in [0, 0.1) is 18.8 Å². The number of pyridine rings is 1. The van der Waals surface area contributed by atoms with Gasteiger partial charge in [0.15, 0.2) is 0 Å². The zero-order valence-corrected chi connectivity index (χ0v) is 53.3. The third kappa shape index (κ3) is 10.4. The molecular weight excluding hydrogens is 1230 g/mol. The molecule has 9 aromatic carbocycles. The van der Waals surface area contributed by atoms with Crippen LogP contribution >= 0.6 is 0 Å². The monoisotopic (exact) mass is 1310 g/mol. The average molecular weight is 1310 g/mol. The number of ether oxygens (including phenoxy) is 1. The first-order valence-corrected chi connectivity index (χ1v) is 29.4. The number of para-hydroxylation sites is 2. The van der Waals surface area contributed by atoms with Crippen LogP contribution in [0.1, 0.15) is 144 Å². The molecular formula is C80H77N4OPt-3. The van der Waals surface area contributed by atoms with E-state index in [0.717, 1.165) is 99.0 Å². The number of hydrogen-bond donors (Lipinski definition) is 0. The fraction of sp³-hybridized carbons (Fsp3) is 0.250. The molecule has 13 rings (SSSR count). The smallest absolute Gasteiger partial charge is 0.135 e. The number of rotatable bonds is 6. The number of benzene rings is 9. The SMILES string of the molecule is [2H]C([2H])([2H])C(c1cc(-c2cc(-c3cc(C(C)(C)C)cc(C(C)(C)C)c3)cc3c4ccccc4c4ccccc4c4cccc5c4n(c23)[CH-]N5c2[c-]c(Oc3[c-]c4c(cc3)c3ccccc3n4-c3cc(C(C)(C)C)ccn3)ccc2)cc(C(C)(C)C)c1)(C([2H])([2H])[2H])C([2H])([2H])[2H].[Pt]. The Labute approximate surface area is 535 Å². The molecule has 0 aliphatic carbocycles. The fourth-order valence-corrected chi connectivity index (χ4v) is 12.2. The van der Waals surface area contributed by atoms with Crippen LogP contribution in [-0.4, -0.2) is 14.1 Å². The number of nitrogens with zero attached hydrogens (tertiary/aromatic N) is 4. The molecule has 1 aliphatic rings. The zero-order valence-electron chi connectivity index (χ0n) is 60.0. The van der Waals surface area contributed by atoms with Gasteiger partial charge < -0.3 is 18.8 Å². The van der Waals surface area contributed by atoms with E-state index >= 15 is 0 Å². The topological polar surface area (TPSA) is 35.2 Å². The Morgan fingerprint density at radius 2 is 0.953 bits per heavy atom. The van der Waals surface area contributed by atoms with Crippen LogP contribution in [0.2, 0.25) is 0 Å². The van der Waals surface area contributed by atoms with Gasteiger partial charge in [-0.1, -0.05) is 242 Å². The molecule has 0 saturated heterocycles. The zero-order chi connectivity index (χ0) is 67.2. The van der Waals surface area contributed by atoms with Crippen molar-refractivity contribution in [2.75, 3.05) is 4.90 Å². The van der Waals surface area contributed by atoms with Crippen LogP contribution < -0.4 is 9.64 Å². The average Bonchev–Trinajstić information content (AvgIpc) is 1.39. The molecule has 4 heterocycles. The molecule has 0 N–H and O–H groups in total. The first-order chi connectivity index (χ1) is 44.0. The third-order valence-electron chi connectivity index (χ3n) is 17.0. The molecule has 5 nitrogen and oxygen atoms in total. The quantitative estimate of drug-likeness (QED) is 0.156. The van der Waals surface area contributed by atoms with Gasteiger partial charge in [0.05, 0.1) is 0 Å². The second kappa shape index (κ2) is 21.1. The van der Waals surface area contributed by atoms with Crippen molar-refractivity contribution in [3.63, 3.8) is 0 Å². The Balaban J connectivity index is 0.00000864. The Morgan fingerprint density at radius 1 is 0.430 bits per heavy atom. The van der Waals surface area contributed by atoms with E-state index in [4.69, 9.17) is 22.1 Å². The summed E-state index contributed by atoms with van der Waals surface area (Å²) in [6.45, 7) is 17.2. The minimum atomic E-state index is -3.53. The van der Waals surface area contributed by atoms with Crippen LogP contribution in [0.25, 0.3) is 93.2 Å². The van der Waals surface area contributed by atoms with Crippen LogP contribution in [0.3, 0.4) is 0 Å². The number of aromatic nitrogens is 3. The molecule has 0 amide bonds. The van der Waals surface area contributed by atoms with E-state index < -0.39 is 31.4 Å². The molecule has 12 aromatic rings. The van der Waals surface area contributed by atoms with Gasteiger partial charge in [0.2, 0.25) is 0 Å². The molecule has 6 heteroatoms. The summed E-state index contributed by atoms with van der Waals surface area (Å²) < 4.78 is 92.9. The summed E-state index contributed by atoms with van der Waals surface area (Å²) in [5.74, 6) is 1.71. The number of anilines is 2. The molecule has 86 heavy (non-hydrogen) atoms. The van der Waals surface area contributed by atoms with E-state index in [9.17, 15) is 0 Å². The molecule has 0 unspecified atom stereocenters.